The van der Waals surface area contributed by atoms with Gasteiger partial charge in [-0.1, -0.05) is 52.4 Å². The first-order valence-corrected chi connectivity index (χ1v) is 13.6. The molecule has 0 saturated carbocycles. The zero-order valence-corrected chi connectivity index (χ0v) is 23.1. The Labute approximate surface area is 234 Å². The van der Waals surface area contributed by atoms with Gasteiger partial charge in [0.1, 0.15) is 6.61 Å². The predicted octanol–water partition coefficient (Wildman–Crippen LogP) is 3.55. The molecule has 0 spiro atoms. The van der Waals surface area contributed by atoms with E-state index >= 15 is 0 Å². The van der Waals surface area contributed by atoms with Crippen molar-refractivity contribution in [3.8, 4) is 0 Å². The summed E-state index contributed by atoms with van der Waals surface area (Å²) in [6, 6.07) is 12.9. The van der Waals surface area contributed by atoms with E-state index in [0.29, 0.717) is 43.8 Å². The minimum Gasteiger partial charge on any atom is -0.447 e. The summed E-state index contributed by atoms with van der Waals surface area (Å²) in [4.78, 5) is 28.8. The molecule has 5 rings (SSSR count). The van der Waals surface area contributed by atoms with Gasteiger partial charge in [-0.2, -0.15) is 0 Å². The van der Waals surface area contributed by atoms with Gasteiger partial charge >= 0.3 is 6.09 Å². The lowest BCUT2D eigenvalue weighted by molar-refractivity contribution is -0.139. The number of fused-ring (bicyclic) bond motifs is 1. The van der Waals surface area contributed by atoms with Crippen molar-refractivity contribution in [3.63, 3.8) is 0 Å². The summed E-state index contributed by atoms with van der Waals surface area (Å²) in [5, 5.41) is 29.0. The maximum absolute atomic E-state index is 13.8. The molecule has 11 heteroatoms. The van der Waals surface area contributed by atoms with Crippen molar-refractivity contribution < 1.29 is 24.5 Å². The second-order valence-corrected chi connectivity index (χ2v) is 10.6. The Morgan fingerprint density at radius 3 is 2.72 bits per heavy atom. The molecule has 0 bridgehead atoms. The van der Waals surface area contributed by atoms with E-state index in [9.17, 15) is 14.7 Å². The fraction of sp³-hybridized carbons (Fsp3) is 0.357. The molecule has 2 aliphatic rings. The predicted molar refractivity (Wildman–Crippen MR) is 148 cm³/mol. The first-order valence-electron chi connectivity index (χ1n) is 12.9. The topological polar surface area (TPSA) is 121 Å². The smallest absolute Gasteiger partial charge is 0.414 e. The molecule has 204 valence electrons. The number of carbonyl (C=O) groups is 2. The summed E-state index contributed by atoms with van der Waals surface area (Å²) >= 11 is 3.49. The molecule has 2 atom stereocenters. The molecule has 2 amide bonds. The Bertz CT molecular complexity index is 1390. The van der Waals surface area contributed by atoms with Crippen LogP contribution in [0.3, 0.4) is 0 Å². The number of rotatable bonds is 10. The van der Waals surface area contributed by atoms with Gasteiger partial charge in [-0.15, -0.1) is 5.10 Å². The van der Waals surface area contributed by atoms with Crippen LogP contribution in [0.25, 0.3) is 0 Å². The van der Waals surface area contributed by atoms with Crippen molar-refractivity contribution in [1.29, 1.82) is 0 Å². The highest BCUT2D eigenvalue weighted by Crippen LogP contribution is 2.46. The van der Waals surface area contributed by atoms with Gasteiger partial charge < -0.3 is 19.8 Å². The van der Waals surface area contributed by atoms with Crippen LogP contribution in [0.1, 0.15) is 30.2 Å². The Kier molecular flexibility index (Phi) is 7.83. The maximum Gasteiger partial charge on any atom is 0.414 e. The zero-order valence-electron chi connectivity index (χ0n) is 21.5. The Morgan fingerprint density at radius 2 is 2.00 bits per heavy atom. The number of anilines is 2. The second kappa shape index (κ2) is 11.3. The number of hydrogen-bond donors (Lipinski definition) is 2. The molecule has 0 aliphatic carbocycles. The SMILES string of the molecule is C[C@H](/C=C/CCn1cc(CCO)nn1)[C@@]1(O)C(=O)N(Cc2ccc(N3CCOC3=O)cc2)c2ccc(Br)cc21. The highest BCUT2D eigenvalue weighted by Gasteiger charge is 2.52. The standard InChI is InChI=1S/C28H30BrN5O5/c1-19(4-2-3-12-32-18-22(11-14-35)30-31-32)28(38)24-16-21(29)7-10-25(24)34(26(28)36)17-20-5-8-23(9-6-20)33-13-15-39-27(33)37/h2,4-10,16,18-19,35,38H,3,11-15,17H2,1H3/b4-2+/t19-,28+/m1/s1. The lowest BCUT2D eigenvalue weighted by Crippen LogP contribution is -2.44. The van der Waals surface area contributed by atoms with E-state index in [1.807, 2.05) is 55.5 Å². The van der Waals surface area contributed by atoms with Gasteiger partial charge in [-0.3, -0.25) is 14.4 Å². The van der Waals surface area contributed by atoms with Gasteiger partial charge in [-0.05, 0) is 42.3 Å². The summed E-state index contributed by atoms with van der Waals surface area (Å²) in [6.07, 6.45) is 6.34. The number of ether oxygens (including phenoxy) is 1. The zero-order chi connectivity index (χ0) is 27.6. The van der Waals surface area contributed by atoms with E-state index in [0.717, 1.165) is 21.4 Å². The van der Waals surface area contributed by atoms with Crippen LogP contribution >= 0.6 is 15.9 Å². The highest BCUT2D eigenvalue weighted by molar-refractivity contribution is 9.10. The van der Waals surface area contributed by atoms with Crippen LogP contribution < -0.4 is 9.80 Å². The number of aryl methyl sites for hydroxylation is 1. The van der Waals surface area contributed by atoms with Gasteiger partial charge in [0.2, 0.25) is 0 Å². The number of halogens is 1. The van der Waals surface area contributed by atoms with Gasteiger partial charge in [0.05, 0.1) is 24.5 Å². The summed E-state index contributed by atoms with van der Waals surface area (Å²) in [5.41, 5.74) is 1.84. The van der Waals surface area contributed by atoms with Crippen LogP contribution in [0.4, 0.5) is 16.2 Å². The molecule has 0 radical (unpaired) electrons. The second-order valence-electron chi connectivity index (χ2n) is 9.70. The molecule has 1 saturated heterocycles. The quantitative estimate of drug-likeness (QED) is 0.344. The van der Waals surface area contributed by atoms with Gasteiger partial charge in [0.25, 0.3) is 5.91 Å². The van der Waals surface area contributed by atoms with Crippen molar-refractivity contribution in [2.45, 2.75) is 38.5 Å². The number of carbonyl (C=O) groups excluding carboxylic acids is 2. The molecule has 0 unspecified atom stereocenters. The van der Waals surface area contributed by atoms with E-state index in [1.165, 1.54) is 0 Å². The number of aliphatic hydroxyl groups is 2. The van der Waals surface area contributed by atoms with Gasteiger partial charge in [0, 0.05) is 47.4 Å². The van der Waals surface area contributed by atoms with Crippen LogP contribution in [0, 0.1) is 5.92 Å². The minimum absolute atomic E-state index is 0.0255. The molecule has 10 nitrogen and oxygen atoms in total. The molecular formula is C28H30BrN5O5. The molecule has 3 heterocycles. The third kappa shape index (κ3) is 5.34. The third-order valence-electron chi connectivity index (χ3n) is 7.14. The van der Waals surface area contributed by atoms with E-state index in [1.54, 1.807) is 26.7 Å². The maximum atomic E-state index is 13.8. The molecule has 1 fully saturated rings. The molecule has 2 aromatic carbocycles. The van der Waals surface area contributed by atoms with E-state index in [4.69, 9.17) is 9.84 Å². The number of benzene rings is 2. The number of cyclic esters (lactones) is 1. The monoisotopic (exact) mass is 595 g/mol. The van der Waals surface area contributed by atoms with Crippen molar-refractivity contribution in [2.75, 3.05) is 29.6 Å². The van der Waals surface area contributed by atoms with Crippen molar-refractivity contribution in [2.24, 2.45) is 5.92 Å². The normalized spacial score (nSPS) is 19.7. The van der Waals surface area contributed by atoms with Crippen molar-refractivity contribution >= 4 is 39.3 Å². The van der Waals surface area contributed by atoms with Crippen LogP contribution in [-0.4, -0.2) is 57.0 Å². The van der Waals surface area contributed by atoms with Crippen molar-refractivity contribution in [3.05, 3.63) is 82.1 Å². The number of allylic oxidation sites excluding steroid dienone is 1. The molecular weight excluding hydrogens is 566 g/mol. The Balaban J connectivity index is 1.31. The van der Waals surface area contributed by atoms with E-state index in [-0.39, 0.29) is 25.2 Å². The fourth-order valence-electron chi connectivity index (χ4n) is 4.99. The first kappa shape index (κ1) is 27.0. The molecule has 2 N–H and O–H groups in total. The first-order chi connectivity index (χ1) is 18.8. The summed E-state index contributed by atoms with van der Waals surface area (Å²) in [7, 11) is 0. The Hall–Kier alpha value is -3.54. The average Bonchev–Trinajstić information content (AvgIpc) is 3.62. The van der Waals surface area contributed by atoms with Gasteiger partial charge in [0.15, 0.2) is 5.60 Å². The van der Waals surface area contributed by atoms with Crippen LogP contribution in [0.15, 0.2) is 65.3 Å². The minimum atomic E-state index is -1.73. The largest absolute Gasteiger partial charge is 0.447 e. The lowest BCUT2D eigenvalue weighted by atomic mass is 9.83. The van der Waals surface area contributed by atoms with Crippen LogP contribution in [0.5, 0.6) is 0 Å². The van der Waals surface area contributed by atoms with Gasteiger partial charge in [-0.25, -0.2) is 4.79 Å². The number of nitrogens with zero attached hydrogens (tertiary/aromatic N) is 5. The van der Waals surface area contributed by atoms with Crippen LogP contribution in [0.2, 0.25) is 0 Å². The number of aliphatic hydroxyl groups excluding tert-OH is 1. The molecule has 3 aromatic rings. The average molecular weight is 596 g/mol. The third-order valence-corrected chi connectivity index (χ3v) is 7.64. The summed E-state index contributed by atoms with van der Waals surface area (Å²) < 4.78 is 7.50. The lowest BCUT2D eigenvalue weighted by Gasteiger charge is -2.28. The van der Waals surface area contributed by atoms with E-state index in [2.05, 4.69) is 26.2 Å². The number of hydrogen-bond acceptors (Lipinski definition) is 7. The Morgan fingerprint density at radius 1 is 1.21 bits per heavy atom. The molecule has 2 aliphatic heterocycles. The summed E-state index contributed by atoms with van der Waals surface area (Å²) in [6.45, 7) is 3.60. The van der Waals surface area contributed by atoms with E-state index < -0.39 is 11.5 Å². The number of amides is 2. The highest BCUT2D eigenvalue weighted by atomic mass is 79.9. The molecule has 39 heavy (non-hydrogen) atoms. The fourth-order valence-corrected chi connectivity index (χ4v) is 5.35. The van der Waals surface area contributed by atoms with Crippen LogP contribution in [-0.2, 0) is 34.6 Å². The summed E-state index contributed by atoms with van der Waals surface area (Å²) in [5.74, 6) is -0.878. The molecule has 1 aromatic heterocycles. The van der Waals surface area contributed by atoms with Crippen molar-refractivity contribution in [1.82, 2.24) is 15.0 Å². The number of aromatic nitrogens is 3.